The molecular weight excluding hydrogens is 282 g/mol. The molecule has 0 bridgehead atoms. The lowest BCUT2D eigenvalue weighted by Gasteiger charge is -2.22. The molecule has 22 heavy (non-hydrogen) atoms. The van der Waals surface area contributed by atoms with Crippen LogP contribution in [0.5, 0.6) is 0 Å². The quantitative estimate of drug-likeness (QED) is 0.825. The Balaban J connectivity index is 1.44. The summed E-state index contributed by atoms with van der Waals surface area (Å²) >= 11 is 0. The predicted octanol–water partition coefficient (Wildman–Crippen LogP) is 1.17. The van der Waals surface area contributed by atoms with Crippen molar-refractivity contribution < 1.29 is 4.52 Å². The average Bonchev–Trinajstić information content (AvgIpc) is 3.12. The second-order valence-electron chi connectivity index (χ2n) is 6.13. The van der Waals surface area contributed by atoms with Crippen LogP contribution in [0.15, 0.2) is 27.6 Å². The number of nitrogens with zero attached hydrogens (tertiary/aromatic N) is 5. The van der Waals surface area contributed by atoms with Crippen molar-refractivity contribution in [1.29, 1.82) is 0 Å². The molecule has 1 aliphatic carbocycles. The molecule has 2 aromatic heterocycles. The Morgan fingerprint density at radius 1 is 1.32 bits per heavy atom. The summed E-state index contributed by atoms with van der Waals surface area (Å²) in [6, 6.07) is 3.52. The zero-order valence-electron chi connectivity index (χ0n) is 12.4. The molecule has 7 heteroatoms. The van der Waals surface area contributed by atoms with Crippen LogP contribution in [0.2, 0.25) is 0 Å². The highest BCUT2D eigenvalue weighted by atomic mass is 16.5. The number of rotatable bonds is 5. The lowest BCUT2D eigenvalue weighted by atomic mass is 10.2. The molecule has 2 aliphatic rings. The number of hydrogen-bond acceptors (Lipinski definition) is 6. The summed E-state index contributed by atoms with van der Waals surface area (Å²) in [5.41, 5.74) is -0.0510. The topological polar surface area (TPSA) is 77.0 Å². The van der Waals surface area contributed by atoms with Gasteiger partial charge >= 0.3 is 0 Å². The molecule has 116 valence electrons. The lowest BCUT2D eigenvalue weighted by Crippen LogP contribution is -2.36. The van der Waals surface area contributed by atoms with E-state index in [1.54, 1.807) is 18.3 Å². The fourth-order valence-corrected chi connectivity index (χ4v) is 3.04. The van der Waals surface area contributed by atoms with Crippen molar-refractivity contribution in [2.24, 2.45) is 0 Å². The highest BCUT2D eigenvalue weighted by molar-refractivity contribution is 5.02. The minimum Gasteiger partial charge on any atom is -0.339 e. The first-order valence-electron chi connectivity index (χ1n) is 7.88. The molecule has 4 rings (SSSR count). The van der Waals surface area contributed by atoms with E-state index < -0.39 is 0 Å². The summed E-state index contributed by atoms with van der Waals surface area (Å²) in [4.78, 5) is 18.6. The average molecular weight is 301 g/mol. The molecule has 0 radical (unpaired) electrons. The Bertz CT molecular complexity index is 706. The van der Waals surface area contributed by atoms with Gasteiger partial charge in [0.25, 0.3) is 5.56 Å². The molecule has 0 aromatic carbocycles. The van der Waals surface area contributed by atoms with Crippen molar-refractivity contribution in [3.05, 3.63) is 40.4 Å². The first-order valence-corrected chi connectivity index (χ1v) is 7.88. The summed E-state index contributed by atoms with van der Waals surface area (Å²) < 4.78 is 6.85. The fourth-order valence-electron chi connectivity index (χ4n) is 3.04. The van der Waals surface area contributed by atoms with Gasteiger partial charge in [-0.15, -0.1) is 0 Å². The minimum atomic E-state index is -0.0510. The van der Waals surface area contributed by atoms with Gasteiger partial charge in [-0.1, -0.05) is 5.16 Å². The second kappa shape index (κ2) is 5.64. The van der Waals surface area contributed by atoms with E-state index in [-0.39, 0.29) is 5.56 Å². The van der Waals surface area contributed by atoms with E-state index in [1.807, 2.05) is 0 Å². The van der Waals surface area contributed by atoms with Gasteiger partial charge in [0.15, 0.2) is 5.82 Å². The highest BCUT2D eigenvalue weighted by Crippen LogP contribution is 2.38. The molecular formula is C15H19N5O2. The summed E-state index contributed by atoms with van der Waals surface area (Å²) in [7, 11) is 0. The molecule has 1 unspecified atom stereocenters. The molecule has 0 amide bonds. The van der Waals surface area contributed by atoms with E-state index >= 15 is 0 Å². The first kappa shape index (κ1) is 13.6. The molecule has 1 saturated heterocycles. The Morgan fingerprint density at radius 3 is 3.05 bits per heavy atom. The van der Waals surface area contributed by atoms with E-state index in [0.717, 1.165) is 43.9 Å². The van der Waals surface area contributed by atoms with Crippen LogP contribution in [0.1, 0.15) is 43.3 Å². The first-order chi connectivity index (χ1) is 10.8. The minimum absolute atomic E-state index is 0.0510. The van der Waals surface area contributed by atoms with E-state index in [4.69, 9.17) is 4.52 Å². The molecule has 2 aromatic rings. The van der Waals surface area contributed by atoms with Crippen LogP contribution >= 0.6 is 0 Å². The van der Waals surface area contributed by atoms with Gasteiger partial charge in [-0.2, -0.15) is 10.1 Å². The van der Waals surface area contributed by atoms with E-state index in [2.05, 4.69) is 20.1 Å². The lowest BCUT2D eigenvalue weighted by molar-refractivity contribution is 0.209. The van der Waals surface area contributed by atoms with Crippen LogP contribution in [-0.4, -0.2) is 37.4 Å². The molecule has 0 N–H and O–H groups in total. The van der Waals surface area contributed by atoms with Crippen molar-refractivity contribution in [3.63, 3.8) is 0 Å². The van der Waals surface area contributed by atoms with Crippen molar-refractivity contribution in [2.45, 2.75) is 50.7 Å². The van der Waals surface area contributed by atoms with Crippen LogP contribution in [0, 0.1) is 0 Å². The van der Waals surface area contributed by atoms with Gasteiger partial charge in [-0.3, -0.25) is 9.69 Å². The van der Waals surface area contributed by atoms with Crippen molar-refractivity contribution in [2.75, 3.05) is 6.54 Å². The van der Waals surface area contributed by atoms with E-state index in [0.29, 0.717) is 25.0 Å². The van der Waals surface area contributed by atoms with Gasteiger partial charge in [-0.25, -0.2) is 4.68 Å². The van der Waals surface area contributed by atoms with Crippen LogP contribution in [0.3, 0.4) is 0 Å². The van der Waals surface area contributed by atoms with Crippen LogP contribution < -0.4 is 5.56 Å². The van der Waals surface area contributed by atoms with Gasteiger partial charge in [0.05, 0.1) is 13.1 Å². The number of hydrogen-bond donors (Lipinski definition) is 0. The van der Waals surface area contributed by atoms with Gasteiger partial charge in [0.2, 0.25) is 5.89 Å². The fraction of sp³-hybridized carbons (Fsp3) is 0.600. The molecule has 2 fully saturated rings. The summed E-state index contributed by atoms with van der Waals surface area (Å²) in [5, 5.41) is 8.23. The molecule has 1 atom stereocenters. The molecule has 1 aliphatic heterocycles. The molecule has 0 spiro atoms. The molecule has 1 saturated carbocycles. The third-order valence-corrected chi connectivity index (χ3v) is 4.42. The maximum absolute atomic E-state index is 11.8. The van der Waals surface area contributed by atoms with Gasteiger partial charge in [0.1, 0.15) is 0 Å². The smallest absolute Gasteiger partial charge is 0.266 e. The Hall–Kier alpha value is -2.02. The second-order valence-corrected chi connectivity index (χ2v) is 6.13. The number of likely N-dealkylation sites (tertiary alicyclic amines) is 1. The highest BCUT2D eigenvalue weighted by Gasteiger charge is 2.31. The van der Waals surface area contributed by atoms with Crippen LogP contribution in [0.25, 0.3) is 0 Å². The predicted molar refractivity (Wildman–Crippen MR) is 78.2 cm³/mol. The summed E-state index contributed by atoms with van der Waals surface area (Å²) in [6.07, 6.45) is 6.17. The summed E-state index contributed by atoms with van der Waals surface area (Å²) in [5.74, 6) is 2.02. The Morgan fingerprint density at radius 2 is 2.23 bits per heavy atom. The van der Waals surface area contributed by atoms with Crippen LogP contribution in [0.4, 0.5) is 0 Å². The normalized spacial score (nSPS) is 22.3. The van der Waals surface area contributed by atoms with Gasteiger partial charge in [0, 0.05) is 24.2 Å². The van der Waals surface area contributed by atoms with Crippen LogP contribution in [-0.2, 0) is 13.1 Å². The SMILES string of the molecule is O=c1cccnn1CC1CCCN1Cc1noc(C2CC2)n1. The van der Waals surface area contributed by atoms with E-state index in [1.165, 1.54) is 4.68 Å². The van der Waals surface area contributed by atoms with E-state index in [9.17, 15) is 4.79 Å². The Kier molecular flexibility index (Phi) is 3.49. The molecule has 7 nitrogen and oxygen atoms in total. The van der Waals surface area contributed by atoms with Gasteiger partial charge in [-0.05, 0) is 38.3 Å². The monoisotopic (exact) mass is 301 g/mol. The van der Waals surface area contributed by atoms with Crippen molar-refractivity contribution >= 4 is 0 Å². The standard InChI is InChI=1S/C15H19N5O2/c21-14-4-1-7-16-20(14)9-12-3-2-8-19(12)10-13-17-15(22-18-13)11-5-6-11/h1,4,7,11-12H,2-3,5-6,8-10H2. The zero-order valence-corrected chi connectivity index (χ0v) is 12.4. The largest absolute Gasteiger partial charge is 0.339 e. The molecule has 3 heterocycles. The van der Waals surface area contributed by atoms with Gasteiger partial charge < -0.3 is 4.52 Å². The van der Waals surface area contributed by atoms with Crippen molar-refractivity contribution in [1.82, 2.24) is 24.8 Å². The Labute approximate surface area is 127 Å². The third-order valence-electron chi connectivity index (χ3n) is 4.42. The summed E-state index contributed by atoms with van der Waals surface area (Å²) in [6.45, 7) is 2.30. The maximum atomic E-state index is 11.8. The third kappa shape index (κ3) is 2.81. The zero-order chi connectivity index (χ0) is 14.9. The number of aromatic nitrogens is 4. The maximum Gasteiger partial charge on any atom is 0.266 e. The van der Waals surface area contributed by atoms with Crippen molar-refractivity contribution in [3.8, 4) is 0 Å².